The lowest BCUT2D eigenvalue weighted by Crippen LogP contribution is -2.44. The molecule has 0 aromatic heterocycles. The predicted octanol–water partition coefficient (Wildman–Crippen LogP) is 2.92. The maximum Gasteiger partial charge on any atom is 0.193 e. The highest BCUT2D eigenvalue weighted by atomic mass is 127. The highest BCUT2D eigenvalue weighted by Crippen LogP contribution is 2.07. The number of rotatable bonds is 9. The molecule has 0 radical (unpaired) electrons. The van der Waals surface area contributed by atoms with Gasteiger partial charge in [0, 0.05) is 33.2 Å². The summed E-state index contributed by atoms with van der Waals surface area (Å²) < 4.78 is 5.73. The van der Waals surface area contributed by atoms with Gasteiger partial charge in [0.05, 0.1) is 6.54 Å². The van der Waals surface area contributed by atoms with Gasteiger partial charge in [0.15, 0.2) is 5.96 Å². The normalized spacial score (nSPS) is 11.4. The van der Waals surface area contributed by atoms with E-state index < -0.39 is 0 Å². The number of nitrogens with zero attached hydrogens (tertiary/aromatic N) is 3. The molecular formula is C18H33IN4O. The third kappa shape index (κ3) is 8.73. The maximum atomic E-state index is 5.73. The molecule has 24 heavy (non-hydrogen) atoms. The summed E-state index contributed by atoms with van der Waals surface area (Å²) in [6.07, 6.45) is 0. The molecular weight excluding hydrogens is 415 g/mol. The number of hydrogen-bond acceptors (Lipinski definition) is 3. The van der Waals surface area contributed by atoms with E-state index in [0.717, 1.165) is 37.9 Å². The van der Waals surface area contributed by atoms with Crippen molar-refractivity contribution in [3.63, 3.8) is 0 Å². The van der Waals surface area contributed by atoms with Gasteiger partial charge in [-0.05, 0) is 32.5 Å². The minimum Gasteiger partial charge on any atom is -0.492 e. The molecule has 0 fully saturated rings. The number of nitrogens with one attached hydrogen (secondary N) is 1. The fraction of sp³-hybridized carbons (Fsp3) is 0.611. The zero-order valence-corrected chi connectivity index (χ0v) is 18.0. The molecule has 0 aliphatic rings. The summed E-state index contributed by atoms with van der Waals surface area (Å²) in [4.78, 5) is 8.86. The quantitative estimate of drug-likeness (QED) is 0.358. The van der Waals surface area contributed by atoms with Crippen LogP contribution in [0.3, 0.4) is 0 Å². The Bertz CT molecular complexity index is 454. The van der Waals surface area contributed by atoms with Gasteiger partial charge in [-0.3, -0.25) is 9.89 Å². The molecule has 0 unspecified atom stereocenters. The van der Waals surface area contributed by atoms with Crippen LogP contribution in [-0.4, -0.2) is 68.7 Å². The van der Waals surface area contributed by atoms with Gasteiger partial charge in [-0.25, -0.2) is 0 Å². The standard InChI is InChI=1S/C18H32N4O.HI/c1-6-22(16(2)3)13-12-20-18(19-4)21(5)14-15-23-17-10-8-7-9-11-17;/h7-11,16H,6,12-15H2,1-5H3,(H,19,20);1H. The molecule has 0 bridgehead atoms. The first kappa shape index (κ1) is 23.0. The number of guanidine groups is 1. The molecule has 0 saturated carbocycles. The molecule has 1 N–H and O–H groups in total. The summed E-state index contributed by atoms with van der Waals surface area (Å²) in [5.74, 6) is 1.81. The van der Waals surface area contributed by atoms with Crippen molar-refractivity contribution in [3.05, 3.63) is 30.3 Å². The van der Waals surface area contributed by atoms with Crippen LogP contribution in [0.2, 0.25) is 0 Å². The van der Waals surface area contributed by atoms with Crippen molar-refractivity contribution < 1.29 is 4.74 Å². The maximum absolute atomic E-state index is 5.73. The third-order valence-corrected chi connectivity index (χ3v) is 3.83. The second kappa shape index (κ2) is 13.3. The van der Waals surface area contributed by atoms with Crippen LogP contribution in [0, 0.1) is 0 Å². The average molecular weight is 448 g/mol. The summed E-state index contributed by atoms with van der Waals surface area (Å²) in [7, 11) is 3.85. The molecule has 6 heteroatoms. The van der Waals surface area contributed by atoms with E-state index in [0.29, 0.717) is 12.6 Å². The summed E-state index contributed by atoms with van der Waals surface area (Å²) >= 11 is 0. The number of aliphatic imine (C=N–C) groups is 1. The molecule has 0 heterocycles. The van der Waals surface area contributed by atoms with E-state index in [-0.39, 0.29) is 24.0 Å². The molecule has 0 spiro atoms. The van der Waals surface area contributed by atoms with Crippen LogP contribution in [0.25, 0.3) is 0 Å². The second-order valence-corrected chi connectivity index (χ2v) is 5.78. The van der Waals surface area contributed by atoms with Crippen LogP contribution in [0.4, 0.5) is 0 Å². The van der Waals surface area contributed by atoms with Crippen LogP contribution in [-0.2, 0) is 0 Å². The van der Waals surface area contributed by atoms with Crippen LogP contribution >= 0.6 is 24.0 Å². The Morgan fingerprint density at radius 3 is 2.42 bits per heavy atom. The van der Waals surface area contributed by atoms with E-state index in [2.05, 4.69) is 40.9 Å². The lowest BCUT2D eigenvalue weighted by molar-refractivity contribution is 0.236. The fourth-order valence-electron chi connectivity index (χ4n) is 2.40. The number of benzene rings is 1. The minimum atomic E-state index is 0. The number of para-hydroxylation sites is 1. The highest BCUT2D eigenvalue weighted by Gasteiger charge is 2.09. The summed E-state index contributed by atoms with van der Waals surface area (Å²) in [6.45, 7) is 11.0. The lowest BCUT2D eigenvalue weighted by atomic mass is 10.3. The van der Waals surface area contributed by atoms with Crippen molar-refractivity contribution in [1.29, 1.82) is 0 Å². The molecule has 0 aliphatic heterocycles. The van der Waals surface area contributed by atoms with Gasteiger partial charge < -0.3 is 15.0 Å². The van der Waals surface area contributed by atoms with Crippen molar-refractivity contribution in [2.24, 2.45) is 4.99 Å². The molecule has 1 aromatic rings. The second-order valence-electron chi connectivity index (χ2n) is 5.78. The van der Waals surface area contributed by atoms with E-state index in [1.54, 1.807) is 0 Å². The van der Waals surface area contributed by atoms with Crippen LogP contribution < -0.4 is 10.1 Å². The molecule has 0 atom stereocenters. The zero-order valence-electron chi connectivity index (χ0n) is 15.7. The van der Waals surface area contributed by atoms with Gasteiger partial charge in [-0.2, -0.15) is 0 Å². The van der Waals surface area contributed by atoms with E-state index in [1.165, 1.54) is 0 Å². The summed E-state index contributed by atoms with van der Waals surface area (Å²) in [6, 6.07) is 10.5. The SMILES string of the molecule is CCN(CCNC(=NC)N(C)CCOc1ccccc1)C(C)C.I. The van der Waals surface area contributed by atoms with Gasteiger partial charge in [-0.1, -0.05) is 25.1 Å². The lowest BCUT2D eigenvalue weighted by Gasteiger charge is -2.27. The first-order chi connectivity index (χ1) is 11.1. The molecule has 0 amide bonds. The van der Waals surface area contributed by atoms with Crippen molar-refractivity contribution >= 4 is 29.9 Å². The summed E-state index contributed by atoms with van der Waals surface area (Å²) in [5.41, 5.74) is 0. The first-order valence-corrected chi connectivity index (χ1v) is 8.42. The Morgan fingerprint density at radius 1 is 1.21 bits per heavy atom. The smallest absolute Gasteiger partial charge is 0.193 e. The van der Waals surface area contributed by atoms with E-state index in [4.69, 9.17) is 4.74 Å². The number of likely N-dealkylation sites (N-methyl/N-ethyl adjacent to an activating group) is 2. The largest absolute Gasteiger partial charge is 0.492 e. The van der Waals surface area contributed by atoms with Crippen LogP contribution in [0.1, 0.15) is 20.8 Å². The number of halogens is 1. The predicted molar refractivity (Wildman–Crippen MR) is 114 cm³/mol. The molecule has 1 aromatic carbocycles. The average Bonchev–Trinajstić information content (AvgIpc) is 2.55. The van der Waals surface area contributed by atoms with E-state index in [9.17, 15) is 0 Å². The molecule has 1 rings (SSSR count). The first-order valence-electron chi connectivity index (χ1n) is 8.42. The van der Waals surface area contributed by atoms with Crippen molar-refractivity contribution in [3.8, 4) is 5.75 Å². The van der Waals surface area contributed by atoms with Gasteiger partial charge in [0.1, 0.15) is 12.4 Å². The van der Waals surface area contributed by atoms with E-state index >= 15 is 0 Å². The Hall–Kier alpha value is -1.02. The number of hydrogen-bond donors (Lipinski definition) is 1. The van der Waals surface area contributed by atoms with Gasteiger partial charge in [-0.15, -0.1) is 24.0 Å². The Balaban J connectivity index is 0.00000529. The Kier molecular flexibility index (Phi) is 12.7. The van der Waals surface area contributed by atoms with Crippen LogP contribution in [0.5, 0.6) is 5.75 Å². The van der Waals surface area contributed by atoms with Gasteiger partial charge >= 0.3 is 0 Å². The molecule has 5 nitrogen and oxygen atoms in total. The van der Waals surface area contributed by atoms with Crippen LogP contribution in [0.15, 0.2) is 35.3 Å². The van der Waals surface area contributed by atoms with Gasteiger partial charge in [0.25, 0.3) is 0 Å². The summed E-state index contributed by atoms with van der Waals surface area (Å²) in [5, 5.41) is 3.42. The molecule has 0 aliphatic carbocycles. The fourth-order valence-corrected chi connectivity index (χ4v) is 2.40. The van der Waals surface area contributed by atoms with Crippen molar-refractivity contribution in [2.75, 3.05) is 46.9 Å². The molecule has 138 valence electrons. The highest BCUT2D eigenvalue weighted by molar-refractivity contribution is 14.0. The van der Waals surface area contributed by atoms with Crippen molar-refractivity contribution in [2.45, 2.75) is 26.8 Å². The molecule has 0 saturated heterocycles. The van der Waals surface area contributed by atoms with E-state index in [1.807, 2.05) is 44.4 Å². The monoisotopic (exact) mass is 448 g/mol. The Labute approximate surface area is 164 Å². The van der Waals surface area contributed by atoms with Gasteiger partial charge in [0.2, 0.25) is 0 Å². The minimum absolute atomic E-state index is 0. The number of ether oxygens (including phenoxy) is 1. The zero-order chi connectivity index (χ0) is 17.1. The van der Waals surface area contributed by atoms with Crippen molar-refractivity contribution in [1.82, 2.24) is 15.1 Å². The third-order valence-electron chi connectivity index (χ3n) is 3.83. The Morgan fingerprint density at radius 2 is 1.88 bits per heavy atom. The topological polar surface area (TPSA) is 40.1 Å².